The molecule has 0 saturated heterocycles. The van der Waals surface area contributed by atoms with Gasteiger partial charge in [-0.1, -0.05) is 6.07 Å². The van der Waals surface area contributed by atoms with Crippen LogP contribution in [0.2, 0.25) is 0 Å². The van der Waals surface area contributed by atoms with Crippen LogP contribution in [0.4, 0.5) is 13.6 Å². The third kappa shape index (κ3) is 5.18. The van der Waals surface area contributed by atoms with Crippen molar-refractivity contribution in [1.82, 2.24) is 4.90 Å². The number of halogens is 2. The summed E-state index contributed by atoms with van der Waals surface area (Å²) in [6.07, 6.45) is -1.05. The fourth-order valence-corrected chi connectivity index (χ4v) is 1.69. The zero-order valence-electron chi connectivity index (χ0n) is 13.3. The van der Waals surface area contributed by atoms with Crippen LogP contribution in [0.3, 0.4) is 0 Å². The molecule has 0 aliphatic rings. The lowest BCUT2D eigenvalue weighted by atomic mass is 10.1. The maximum atomic E-state index is 13.4. The third-order valence-electron chi connectivity index (χ3n) is 2.86. The van der Waals surface area contributed by atoms with Crippen molar-refractivity contribution in [3.63, 3.8) is 0 Å². The number of carbonyl (C=O) groups excluding carboxylic acids is 2. The van der Waals surface area contributed by atoms with Gasteiger partial charge in [0.2, 0.25) is 6.79 Å². The van der Waals surface area contributed by atoms with Crippen LogP contribution in [0.15, 0.2) is 18.2 Å². The van der Waals surface area contributed by atoms with Gasteiger partial charge in [-0.15, -0.1) is 0 Å². The molecule has 0 fully saturated rings. The number of esters is 1. The number of carboxylic acids is 1. The number of benzene rings is 1. The van der Waals surface area contributed by atoms with E-state index < -0.39 is 54.1 Å². The maximum absolute atomic E-state index is 13.4. The number of rotatable bonds is 5. The molecule has 1 rings (SSSR count). The monoisotopic (exact) mass is 345 g/mol. The second-order valence-corrected chi connectivity index (χ2v) is 5.71. The average molecular weight is 345 g/mol. The van der Waals surface area contributed by atoms with Crippen LogP contribution in [-0.2, 0) is 14.3 Å². The molecule has 0 spiro atoms. The Labute approximate surface area is 136 Å². The van der Waals surface area contributed by atoms with Gasteiger partial charge in [0, 0.05) is 5.54 Å². The molecular formula is C15H17F2NO6. The van der Waals surface area contributed by atoms with Gasteiger partial charge in [0.1, 0.15) is 23.7 Å². The predicted octanol–water partition coefficient (Wildman–Crippen LogP) is 2.40. The second kappa shape index (κ2) is 7.71. The van der Waals surface area contributed by atoms with Crippen LogP contribution >= 0.6 is 0 Å². The van der Waals surface area contributed by atoms with Crippen molar-refractivity contribution in [3.8, 4) is 0 Å². The van der Waals surface area contributed by atoms with E-state index in [4.69, 9.17) is 5.11 Å². The summed E-state index contributed by atoms with van der Waals surface area (Å²) in [6.45, 7) is 3.20. The minimum Gasteiger partial charge on any atom is -0.480 e. The average Bonchev–Trinajstić information content (AvgIpc) is 2.43. The molecule has 9 heteroatoms. The van der Waals surface area contributed by atoms with Gasteiger partial charge in [0.15, 0.2) is 0 Å². The summed E-state index contributed by atoms with van der Waals surface area (Å²) < 4.78 is 35.9. The van der Waals surface area contributed by atoms with E-state index in [9.17, 15) is 23.2 Å². The predicted molar refractivity (Wildman–Crippen MR) is 77.2 cm³/mol. The first-order chi connectivity index (χ1) is 11.0. The molecule has 1 amide bonds. The summed E-state index contributed by atoms with van der Waals surface area (Å²) in [5, 5.41) is 8.80. The SMILES string of the molecule is CC(C)(C)N(CC(=O)O)C(=O)OCOC(=O)c1c(F)cccc1F. The summed E-state index contributed by atoms with van der Waals surface area (Å²) in [7, 11) is 0. The Morgan fingerprint density at radius 2 is 1.67 bits per heavy atom. The molecule has 0 atom stereocenters. The van der Waals surface area contributed by atoms with Crippen LogP contribution in [-0.4, -0.2) is 46.9 Å². The molecule has 1 aromatic carbocycles. The molecule has 0 aliphatic carbocycles. The first kappa shape index (κ1) is 19.3. The number of carbonyl (C=O) groups is 3. The number of amides is 1. The van der Waals surface area contributed by atoms with Crippen LogP contribution in [0.5, 0.6) is 0 Å². The molecule has 0 bridgehead atoms. The van der Waals surface area contributed by atoms with Crippen molar-refractivity contribution in [2.45, 2.75) is 26.3 Å². The molecule has 0 radical (unpaired) electrons. The largest absolute Gasteiger partial charge is 0.480 e. The smallest absolute Gasteiger partial charge is 0.413 e. The highest BCUT2D eigenvalue weighted by atomic mass is 19.1. The first-order valence-corrected chi connectivity index (χ1v) is 6.81. The molecule has 7 nitrogen and oxygen atoms in total. The Morgan fingerprint density at radius 1 is 1.12 bits per heavy atom. The van der Waals surface area contributed by atoms with Gasteiger partial charge in [0.05, 0.1) is 0 Å². The van der Waals surface area contributed by atoms with Crippen molar-refractivity contribution in [1.29, 1.82) is 0 Å². The lowest BCUT2D eigenvalue weighted by Gasteiger charge is -2.33. The van der Waals surface area contributed by atoms with E-state index in [1.165, 1.54) is 0 Å². The Kier molecular flexibility index (Phi) is 6.21. The summed E-state index contributed by atoms with van der Waals surface area (Å²) in [4.78, 5) is 35.2. The third-order valence-corrected chi connectivity index (χ3v) is 2.86. The zero-order chi connectivity index (χ0) is 18.5. The molecular weight excluding hydrogens is 328 g/mol. The molecule has 1 aromatic rings. The van der Waals surface area contributed by atoms with E-state index >= 15 is 0 Å². The highest BCUT2D eigenvalue weighted by Gasteiger charge is 2.30. The molecule has 0 aliphatic heterocycles. The van der Waals surface area contributed by atoms with Gasteiger partial charge in [-0.25, -0.2) is 18.4 Å². The number of aliphatic carboxylic acids is 1. The first-order valence-electron chi connectivity index (χ1n) is 6.81. The van der Waals surface area contributed by atoms with E-state index in [2.05, 4.69) is 9.47 Å². The molecule has 1 N–H and O–H groups in total. The van der Waals surface area contributed by atoms with Crippen LogP contribution in [0.25, 0.3) is 0 Å². The molecule has 0 unspecified atom stereocenters. The Balaban J connectivity index is 2.67. The maximum Gasteiger partial charge on any atom is 0.413 e. The molecule has 0 saturated carbocycles. The zero-order valence-corrected chi connectivity index (χ0v) is 13.3. The Hall–Kier alpha value is -2.71. The van der Waals surface area contributed by atoms with Gasteiger partial charge in [-0.3, -0.25) is 9.69 Å². The Bertz CT molecular complexity index is 621. The van der Waals surface area contributed by atoms with Crippen LogP contribution in [0.1, 0.15) is 31.1 Å². The van der Waals surface area contributed by atoms with Gasteiger partial charge in [0.25, 0.3) is 0 Å². The van der Waals surface area contributed by atoms with E-state index in [0.717, 1.165) is 23.1 Å². The molecule has 132 valence electrons. The van der Waals surface area contributed by atoms with Crippen molar-refractivity contribution < 1.29 is 37.7 Å². The fraction of sp³-hybridized carbons (Fsp3) is 0.400. The summed E-state index contributed by atoms with van der Waals surface area (Å²) >= 11 is 0. The van der Waals surface area contributed by atoms with Crippen LogP contribution in [0, 0.1) is 11.6 Å². The lowest BCUT2D eigenvalue weighted by molar-refractivity contribution is -0.139. The van der Waals surface area contributed by atoms with E-state index in [1.54, 1.807) is 20.8 Å². The van der Waals surface area contributed by atoms with Crippen molar-refractivity contribution in [3.05, 3.63) is 35.4 Å². The van der Waals surface area contributed by atoms with Gasteiger partial charge >= 0.3 is 18.0 Å². The minimum absolute atomic E-state index is 0.627. The van der Waals surface area contributed by atoms with Gasteiger partial charge < -0.3 is 14.6 Å². The highest BCUT2D eigenvalue weighted by molar-refractivity contribution is 5.90. The summed E-state index contributed by atoms with van der Waals surface area (Å²) in [5.74, 6) is -4.84. The van der Waals surface area contributed by atoms with Crippen molar-refractivity contribution >= 4 is 18.0 Å². The fourth-order valence-electron chi connectivity index (χ4n) is 1.69. The van der Waals surface area contributed by atoms with E-state index in [0.29, 0.717) is 0 Å². The van der Waals surface area contributed by atoms with Crippen molar-refractivity contribution in [2.75, 3.05) is 13.3 Å². The number of hydrogen-bond donors (Lipinski definition) is 1. The number of nitrogens with zero attached hydrogens (tertiary/aromatic N) is 1. The van der Waals surface area contributed by atoms with Gasteiger partial charge in [-0.05, 0) is 32.9 Å². The lowest BCUT2D eigenvalue weighted by Crippen LogP contribution is -2.48. The van der Waals surface area contributed by atoms with E-state index in [1.807, 2.05) is 0 Å². The second-order valence-electron chi connectivity index (χ2n) is 5.71. The normalized spacial score (nSPS) is 10.9. The topological polar surface area (TPSA) is 93.1 Å². The summed E-state index contributed by atoms with van der Waals surface area (Å²) in [5.41, 5.74) is -1.77. The molecule has 0 heterocycles. The standard InChI is InChI=1S/C15H17F2NO6/c1-15(2,3)18(7-11(19)20)14(22)24-8-23-13(21)12-9(16)5-4-6-10(12)17/h4-6H,7-8H2,1-3H3,(H,19,20). The highest BCUT2D eigenvalue weighted by Crippen LogP contribution is 2.15. The quantitative estimate of drug-likeness (QED) is 0.651. The van der Waals surface area contributed by atoms with E-state index in [-0.39, 0.29) is 0 Å². The van der Waals surface area contributed by atoms with Gasteiger partial charge in [-0.2, -0.15) is 0 Å². The Morgan fingerprint density at radius 3 is 2.12 bits per heavy atom. The van der Waals surface area contributed by atoms with Crippen LogP contribution < -0.4 is 0 Å². The minimum atomic E-state index is -1.35. The van der Waals surface area contributed by atoms with Crippen molar-refractivity contribution in [2.24, 2.45) is 0 Å². The molecule has 24 heavy (non-hydrogen) atoms. The number of carboxylic acid groups (broad SMARTS) is 1. The number of ether oxygens (including phenoxy) is 2. The molecule has 0 aromatic heterocycles. The summed E-state index contributed by atoms with van der Waals surface area (Å²) in [6, 6.07) is 2.83. The number of hydrogen-bond acceptors (Lipinski definition) is 5.